The Kier molecular flexibility index (Phi) is 3.67. The van der Waals surface area contributed by atoms with Crippen LogP contribution in [0.25, 0.3) is 10.7 Å². The number of phenols is 2. The summed E-state index contributed by atoms with van der Waals surface area (Å²) in [5.74, 6) is -1.43. The zero-order valence-corrected chi connectivity index (χ0v) is 11.9. The van der Waals surface area contributed by atoms with E-state index in [4.69, 9.17) is 0 Å². The summed E-state index contributed by atoms with van der Waals surface area (Å²) in [5.41, 5.74) is 0.607. The van der Waals surface area contributed by atoms with Gasteiger partial charge in [-0.05, 0) is 24.3 Å². The van der Waals surface area contributed by atoms with E-state index < -0.39 is 11.7 Å². The van der Waals surface area contributed by atoms with Crippen LogP contribution in [0.5, 0.6) is 11.5 Å². The first-order valence-corrected chi connectivity index (χ1v) is 7.04. The summed E-state index contributed by atoms with van der Waals surface area (Å²) in [6.45, 7) is 0. The molecule has 7 nitrogen and oxygen atoms in total. The summed E-state index contributed by atoms with van der Waals surface area (Å²) in [5, 5.41) is 30.3. The number of anilines is 1. The summed E-state index contributed by atoms with van der Waals surface area (Å²) >= 11 is 1.16. The number of phenolic OH excluding ortho intramolecular Hbond substituents is 2. The van der Waals surface area contributed by atoms with Gasteiger partial charge in [-0.3, -0.25) is 15.1 Å². The van der Waals surface area contributed by atoms with E-state index in [0.717, 1.165) is 11.3 Å². The highest BCUT2D eigenvalue weighted by Gasteiger charge is 2.16. The van der Waals surface area contributed by atoms with E-state index >= 15 is 0 Å². The number of hydrogen-bond donors (Lipinski definition) is 3. The van der Waals surface area contributed by atoms with E-state index in [1.165, 1.54) is 18.2 Å². The van der Waals surface area contributed by atoms with E-state index in [1.807, 2.05) is 6.07 Å². The molecule has 3 aromatic rings. The van der Waals surface area contributed by atoms with Gasteiger partial charge >= 0.3 is 0 Å². The molecule has 3 rings (SSSR count). The molecule has 0 spiro atoms. The SMILES string of the molecule is O=C(Nc1nnc(-c2ccccn2)s1)c1cccc(O)c1O. The maximum atomic E-state index is 12.1. The molecule has 0 radical (unpaired) electrons. The molecule has 0 unspecified atom stereocenters. The second-order valence-corrected chi connectivity index (χ2v) is 5.23. The summed E-state index contributed by atoms with van der Waals surface area (Å²) < 4.78 is 0. The molecule has 0 saturated carbocycles. The van der Waals surface area contributed by atoms with Gasteiger partial charge < -0.3 is 10.2 Å². The maximum absolute atomic E-state index is 12.1. The highest BCUT2D eigenvalue weighted by atomic mass is 32.1. The first kappa shape index (κ1) is 14.0. The largest absolute Gasteiger partial charge is 0.504 e. The molecule has 1 aromatic carbocycles. The minimum absolute atomic E-state index is 0.0467. The predicted molar refractivity (Wildman–Crippen MR) is 80.9 cm³/mol. The van der Waals surface area contributed by atoms with Crippen LogP contribution in [0.1, 0.15) is 10.4 Å². The molecule has 0 fully saturated rings. The van der Waals surface area contributed by atoms with Gasteiger partial charge in [0, 0.05) is 6.20 Å². The minimum Gasteiger partial charge on any atom is -0.504 e. The van der Waals surface area contributed by atoms with Gasteiger partial charge in [-0.1, -0.05) is 23.5 Å². The Hall–Kier alpha value is -3.00. The summed E-state index contributed by atoms with van der Waals surface area (Å²) in [7, 11) is 0. The Morgan fingerprint density at radius 2 is 1.95 bits per heavy atom. The van der Waals surface area contributed by atoms with Gasteiger partial charge in [-0.25, -0.2) is 0 Å². The van der Waals surface area contributed by atoms with Crippen molar-refractivity contribution >= 4 is 22.4 Å². The molecule has 0 bridgehead atoms. The van der Waals surface area contributed by atoms with Crippen molar-refractivity contribution in [3.63, 3.8) is 0 Å². The van der Waals surface area contributed by atoms with Gasteiger partial charge in [-0.15, -0.1) is 10.2 Å². The quantitative estimate of drug-likeness (QED) is 0.640. The second kappa shape index (κ2) is 5.78. The summed E-state index contributed by atoms with van der Waals surface area (Å²) in [6, 6.07) is 9.54. The van der Waals surface area contributed by atoms with Gasteiger partial charge in [-0.2, -0.15) is 0 Å². The number of benzene rings is 1. The number of para-hydroxylation sites is 1. The van der Waals surface area contributed by atoms with Crippen molar-refractivity contribution in [2.75, 3.05) is 5.32 Å². The van der Waals surface area contributed by atoms with E-state index in [1.54, 1.807) is 18.3 Å². The van der Waals surface area contributed by atoms with Crippen LogP contribution in [-0.4, -0.2) is 31.3 Å². The van der Waals surface area contributed by atoms with Crippen molar-refractivity contribution in [2.45, 2.75) is 0 Å². The number of amides is 1. The van der Waals surface area contributed by atoms with Gasteiger partial charge in [0.25, 0.3) is 5.91 Å². The van der Waals surface area contributed by atoms with Crippen LogP contribution in [0.2, 0.25) is 0 Å². The molecule has 2 aromatic heterocycles. The van der Waals surface area contributed by atoms with Gasteiger partial charge in [0.15, 0.2) is 16.5 Å². The monoisotopic (exact) mass is 314 g/mol. The second-order valence-electron chi connectivity index (χ2n) is 4.25. The van der Waals surface area contributed by atoms with Crippen LogP contribution in [0.4, 0.5) is 5.13 Å². The molecular formula is C14H10N4O3S. The number of nitrogens with zero attached hydrogens (tertiary/aromatic N) is 3. The molecule has 0 aliphatic heterocycles. The number of rotatable bonds is 3. The number of carbonyl (C=O) groups excluding carboxylic acids is 1. The molecule has 2 heterocycles. The fourth-order valence-electron chi connectivity index (χ4n) is 1.75. The van der Waals surface area contributed by atoms with E-state index in [-0.39, 0.29) is 16.4 Å². The van der Waals surface area contributed by atoms with Crippen molar-refractivity contribution in [3.8, 4) is 22.2 Å². The Labute approximate surface area is 128 Å². The van der Waals surface area contributed by atoms with Crippen LogP contribution >= 0.6 is 11.3 Å². The Balaban J connectivity index is 1.81. The summed E-state index contributed by atoms with van der Waals surface area (Å²) in [4.78, 5) is 16.2. The van der Waals surface area contributed by atoms with E-state index in [9.17, 15) is 15.0 Å². The highest BCUT2D eigenvalue weighted by molar-refractivity contribution is 7.18. The third-order valence-corrected chi connectivity index (χ3v) is 3.65. The molecule has 8 heteroatoms. The number of aromatic nitrogens is 3. The third-order valence-electron chi connectivity index (χ3n) is 2.79. The average Bonchev–Trinajstić information content (AvgIpc) is 2.99. The van der Waals surface area contributed by atoms with Crippen molar-refractivity contribution in [1.82, 2.24) is 15.2 Å². The molecule has 0 aliphatic carbocycles. The van der Waals surface area contributed by atoms with Crippen molar-refractivity contribution in [3.05, 3.63) is 48.2 Å². The van der Waals surface area contributed by atoms with Crippen LogP contribution in [0.3, 0.4) is 0 Å². The van der Waals surface area contributed by atoms with Crippen molar-refractivity contribution < 1.29 is 15.0 Å². The van der Waals surface area contributed by atoms with Gasteiger partial charge in [0.05, 0.1) is 5.56 Å². The van der Waals surface area contributed by atoms with Crippen LogP contribution in [0.15, 0.2) is 42.6 Å². The highest BCUT2D eigenvalue weighted by Crippen LogP contribution is 2.30. The molecule has 0 saturated heterocycles. The van der Waals surface area contributed by atoms with Crippen LogP contribution in [0, 0.1) is 0 Å². The zero-order chi connectivity index (χ0) is 15.5. The molecule has 0 atom stereocenters. The fraction of sp³-hybridized carbons (Fsp3) is 0. The molecule has 22 heavy (non-hydrogen) atoms. The minimum atomic E-state index is -0.586. The lowest BCUT2D eigenvalue weighted by molar-refractivity contribution is 0.102. The van der Waals surface area contributed by atoms with Crippen LogP contribution in [-0.2, 0) is 0 Å². The topological polar surface area (TPSA) is 108 Å². The number of pyridine rings is 1. The fourth-order valence-corrected chi connectivity index (χ4v) is 2.46. The van der Waals surface area contributed by atoms with Crippen molar-refractivity contribution in [1.29, 1.82) is 0 Å². The molecule has 110 valence electrons. The van der Waals surface area contributed by atoms with Gasteiger partial charge in [0.2, 0.25) is 5.13 Å². The lowest BCUT2D eigenvalue weighted by atomic mass is 10.2. The first-order valence-electron chi connectivity index (χ1n) is 6.22. The Morgan fingerprint density at radius 3 is 2.73 bits per heavy atom. The molecule has 0 aliphatic rings. The van der Waals surface area contributed by atoms with Crippen LogP contribution < -0.4 is 5.32 Å². The Morgan fingerprint density at radius 1 is 1.09 bits per heavy atom. The smallest absolute Gasteiger partial charge is 0.261 e. The number of hydrogen-bond acceptors (Lipinski definition) is 7. The van der Waals surface area contributed by atoms with Gasteiger partial charge in [0.1, 0.15) is 5.69 Å². The van der Waals surface area contributed by atoms with E-state index in [2.05, 4.69) is 20.5 Å². The zero-order valence-electron chi connectivity index (χ0n) is 11.1. The third kappa shape index (κ3) is 2.72. The molecule has 1 amide bonds. The number of carbonyl (C=O) groups is 1. The predicted octanol–water partition coefficient (Wildman–Crippen LogP) is 2.26. The lowest BCUT2D eigenvalue weighted by Crippen LogP contribution is -2.11. The lowest BCUT2D eigenvalue weighted by Gasteiger charge is -2.04. The summed E-state index contributed by atoms with van der Waals surface area (Å²) in [6.07, 6.45) is 1.64. The molecule has 3 N–H and O–H groups in total. The maximum Gasteiger partial charge on any atom is 0.261 e. The first-order chi connectivity index (χ1) is 10.6. The molecular weight excluding hydrogens is 304 g/mol. The van der Waals surface area contributed by atoms with E-state index in [0.29, 0.717) is 10.7 Å². The normalized spacial score (nSPS) is 10.4. The standard InChI is InChI=1S/C14H10N4O3S/c19-10-6-3-4-8(11(10)20)12(21)16-14-18-17-13(22-14)9-5-1-2-7-15-9/h1-7,19-20H,(H,16,18,21). The van der Waals surface area contributed by atoms with Crippen molar-refractivity contribution in [2.24, 2.45) is 0 Å². The average molecular weight is 314 g/mol. The number of nitrogens with one attached hydrogen (secondary N) is 1. The Bertz CT molecular complexity index is 820. The number of aromatic hydroxyl groups is 2.